The molecule has 1 atom stereocenters. The second-order valence-electron chi connectivity index (χ2n) is 4.55. The van der Waals surface area contributed by atoms with Crippen molar-refractivity contribution in [2.45, 2.75) is 24.8 Å². The van der Waals surface area contributed by atoms with Crippen molar-refractivity contribution in [2.75, 3.05) is 5.75 Å². The van der Waals surface area contributed by atoms with Gasteiger partial charge in [-0.05, 0) is 30.5 Å². The molecule has 1 unspecified atom stereocenters. The van der Waals surface area contributed by atoms with Crippen LogP contribution in [0, 0.1) is 13.8 Å². The molecular weight excluding hydrogens is 238 g/mol. The monoisotopic (exact) mass is 257 g/mol. The van der Waals surface area contributed by atoms with Crippen LogP contribution < -0.4 is 5.73 Å². The first-order chi connectivity index (χ1) is 8.68. The summed E-state index contributed by atoms with van der Waals surface area (Å²) in [6.45, 7) is 4.31. The molecule has 0 aliphatic carbocycles. The van der Waals surface area contributed by atoms with Gasteiger partial charge >= 0.3 is 0 Å². The highest BCUT2D eigenvalue weighted by molar-refractivity contribution is 7.99. The molecule has 0 fully saturated rings. The third kappa shape index (κ3) is 3.15. The lowest BCUT2D eigenvalue weighted by molar-refractivity contribution is 0.831. The number of thioether (sulfide) groups is 1. The number of aryl methyl sites for hydroxylation is 2. The van der Waals surface area contributed by atoms with Gasteiger partial charge in [-0.25, -0.2) is 0 Å². The maximum absolute atomic E-state index is 6.22. The molecule has 0 saturated carbocycles. The summed E-state index contributed by atoms with van der Waals surface area (Å²) in [7, 11) is 0. The fraction of sp³-hybridized carbons (Fsp3) is 0.250. The molecule has 18 heavy (non-hydrogen) atoms. The molecule has 2 heteroatoms. The van der Waals surface area contributed by atoms with E-state index in [4.69, 9.17) is 5.73 Å². The van der Waals surface area contributed by atoms with Crippen LogP contribution in [0.3, 0.4) is 0 Å². The SMILES string of the molecule is Cc1cccc(C)c1SCC(N)c1ccccc1. The molecule has 0 radical (unpaired) electrons. The first kappa shape index (κ1) is 13.2. The Hall–Kier alpha value is -1.25. The molecule has 2 rings (SSSR count). The number of hydrogen-bond donors (Lipinski definition) is 1. The maximum Gasteiger partial charge on any atom is 0.0390 e. The van der Waals surface area contributed by atoms with E-state index in [1.165, 1.54) is 21.6 Å². The highest BCUT2D eigenvalue weighted by atomic mass is 32.2. The van der Waals surface area contributed by atoms with Crippen molar-refractivity contribution >= 4 is 11.8 Å². The highest BCUT2D eigenvalue weighted by Gasteiger charge is 2.08. The van der Waals surface area contributed by atoms with Crippen molar-refractivity contribution in [3.05, 3.63) is 65.2 Å². The summed E-state index contributed by atoms with van der Waals surface area (Å²) in [6.07, 6.45) is 0. The Kier molecular flexibility index (Phi) is 4.45. The molecule has 1 nitrogen and oxygen atoms in total. The summed E-state index contributed by atoms with van der Waals surface area (Å²) in [6, 6.07) is 16.8. The van der Waals surface area contributed by atoms with Gasteiger partial charge in [0.25, 0.3) is 0 Å². The van der Waals surface area contributed by atoms with Gasteiger partial charge in [-0.3, -0.25) is 0 Å². The van der Waals surface area contributed by atoms with Gasteiger partial charge in [-0.15, -0.1) is 11.8 Å². The van der Waals surface area contributed by atoms with Crippen molar-refractivity contribution in [3.63, 3.8) is 0 Å². The van der Waals surface area contributed by atoms with E-state index in [1.54, 1.807) is 0 Å². The van der Waals surface area contributed by atoms with Crippen LogP contribution >= 0.6 is 11.8 Å². The Balaban J connectivity index is 2.04. The van der Waals surface area contributed by atoms with Crippen LogP contribution in [0.4, 0.5) is 0 Å². The molecule has 2 aromatic carbocycles. The summed E-state index contributed by atoms with van der Waals surface area (Å²) < 4.78 is 0. The number of hydrogen-bond acceptors (Lipinski definition) is 2. The molecule has 2 N–H and O–H groups in total. The molecule has 94 valence electrons. The van der Waals surface area contributed by atoms with Gasteiger partial charge in [-0.1, -0.05) is 48.5 Å². The van der Waals surface area contributed by atoms with Crippen LogP contribution in [0.2, 0.25) is 0 Å². The van der Waals surface area contributed by atoms with Gasteiger partial charge in [0.15, 0.2) is 0 Å². The normalized spacial score (nSPS) is 12.4. The van der Waals surface area contributed by atoms with Gasteiger partial charge in [0, 0.05) is 16.7 Å². The van der Waals surface area contributed by atoms with Crippen LogP contribution in [0.15, 0.2) is 53.4 Å². The van der Waals surface area contributed by atoms with Gasteiger partial charge < -0.3 is 5.73 Å². The van der Waals surface area contributed by atoms with E-state index in [2.05, 4.69) is 44.2 Å². The van der Waals surface area contributed by atoms with Crippen molar-refractivity contribution < 1.29 is 0 Å². The minimum Gasteiger partial charge on any atom is -0.323 e. The van der Waals surface area contributed by atoms with Gasteiger partial charge in [0.1, 0.15) is 0 Å². The second-order valence-corrected chi connectivity index (χ2v) is 5.58. The second kappa shape index (κ2) is 6.07. The lowest BCUT2D eigenvalue weighted by Crippen LogP contribution is -2.12. The summed E-state index contributed by atoms with van der Waals surface area (Å²) >= 11 is 1.85. The Morgan fingerprint density at radius 3 is 2.17 bits per heavy atom. The van der Waals surface area contributed by atoms with E-state index in [9.17, 15) is 0 Å². The third-order valence-corrected chi connectivity index (χ3v) is 4.50. The van der Waals surface area contributed by atoms with E-state index >= 15 is 0 Å². The summed E-state index contributed by atoms with van der Waals surface area (Å²) in [4.78, 5) is 1.36. The van der Waals surface area contributed by atoms with E-state index in [1.807, 2.05) is 30.0 Å². The van der Waals surface area contributed by atoms with Crippen LogP contribution in [0.1, 0.15) is 22.7 Å². The zero-order valence-electron chi connectivity index (χ0n) is 10.9. The van der Waals surface area contributed by atoms with Crippen LogP contribution in [-0.2, 0) is 0 Å². The lowest BCUT2D eigenvalue weighted by Gasteiger charge is -2.14. The zero-order chi connectivity index (χ0) is 13.0. The van der Waals surface area contributed by atoms with Crippen molar-refractivity contribution in [2.24, 2.45) is 5.73 Å². The summed E-state index contributed by atoms with van der Waals surface area (Å²) in [5.74, 6) is 0.912. The van der Waals surface area contributed by atoms with Crippen molar-refractivity contribution in [1.82, 2.24) is 0 Å². The number of rotatable bonds is 4. The fourth-order valence-electron chi connectivity index (χ4n) is 2.00. The first-order valence-corrected chi connectivity index (χ1v) is 7.16. The molecular formula is C16H19NS. The van der Waals surface area contributed by atoms with Crippen LogP contribution in [0.5, 0.6) is 0 Å². The Bertz CT molecular complexity index is 488. The molecule has 0 aromatic heterocycles. The maximum atomic E-state index is 6.22. The van der Waals surface area contributed by atoms with E-state index < -0.39 is 0 Å². The van der Waals surface area contributed by atoms with Crippen molar-refractivity contribution in [3.8, 4) is 0 Å². The first-order valence-electron chi connectivity index (χ1n) is 6.18. The predicted molar refractivity (Wildman–Crippen MR) is 80.0 cm³/mol. The van der Waals surface area contributed by atoms with Gasteiger partial charge in [-0.2, -0.15) is 0 Å². The summed E-state index contributed by atoms with van der Waals surface area (Å²) in [5.41, 5.74) is 10.1. The Morgan fingerprint density at radius 1 is 0.944 bits per heavy atom. The third-order valence-electron chi connectivity index (χ3n) is 3.04. The molecule has 0 aliphatic rings. The van der Waals surface area contributed by atoms with E-state index in [0.717, 1.165) is 5.75 Å². The van der Waals surface area contributed by atoms with Crippen LogP contribution in [0.25, 0.3) is 0 Å². The molecule has 0 bridgehead atoms. The molecule has 0 spiro atoms. The quantitative estimate of drug-likeness (QED) is 0.835. The molecule has 0 aliphatic heterocycles. The van der Waals surface area contributed by atoms with Gasteiger partial charge in [0.2, 0.25) is 0 Å². The minimum absolute atomic E-state index is 0.0928. The molecule has 0 heterocycles. The van der Waals surface area contributed by atoms with Gasteiger partial charge in [0.05, 0.1) is 0 Å². The standard InChI is InChI=1S/C16H19NS/c1-12-7-6-8-13(2)16(12)18-11-15(17)14-9-4-3-5-10-14/h3-10,15H,11,17H2,1-2H3. The lowest BCUT2D eigenvalue weighted by atomic mass is 10.1. The van der Waals surface area contributed by atoms with E-state index in [0.29, 0.717) is 0 Å². The topological polar surface area (TPSA) is 26.0 Å². The van der Waals surface area contributed by atoms with Crippen LogP contribution in [-0.4, -0.2) is 5.75 Å². The minimum atomic E-state index is 0.0928. The average Bonchev–Trinajstić information content (AvgIpc) is 2.39. The fourth-order valence-corrected chi connectivity index (χ4v) is 3.13. The Labute approximate surface area is 113 Å². The largest absolute Gasteiger partial charge is 0.323 e. The molecule has 0 amide bonds. The molecule has 2 aromatic rings. The highest BCUT2D eigenvalue weighted by Crippen LogP contribution is 2.29. The smallest absolute Gasteiger partial charge is 0.0390 e. The number of nitrogens with two attached hydrogens (primary N) is 1. The number of benzene rings is 2. The Morgan fingerprint density at radius 2 is 1.56 bits per heavy atom. The predicted octanol–water partition coefficient (Wildman–Crippen LogP) is 4.10. The molecule has 0 saturated heterocycles. The summed E-state index contributed by atoms with van der Waals surface area (Å²) in [5, 5.41) is 0. The van der Waals surface area contributed by atoms with E-state index in [-0.39, 0.29) is 6.04 Å². The zero-order valence-corrected chi connectivity index (χ0v) is 11.7. The van der Waals surface area contributed by atoms with Crippen molar-refractivity contribution in [1.29, 1.82) is 0 Å². The average molecular weight is 257 g/mol.